The topological polar surface area (TPSA) is 113 Å². The van der Waals surface area contributed by atoms with Gasteiger partial charge >= 0.3 is 11.9 Å². The SMILES string of the molecule is ClC[C@@H]1CNCCc2ccccc21.N[C@@H](CC(=O)O)C(=O)O. The highest BCUT2D eigenvalue weighted by Gasteiger charge is 2.16. The first-order valence-electron chi connectivity index (χ1n) is 7.00. The smallest absolute Gasteiger partial charge is 0.321 e. The van der Waals surface area contributed by atoms with E-state index in [1.165, 1.54) is 11.1 Å². The second-order valence-corrected chi connectivity index (χ2v) is 5.36. The van der Waals surface area contributed by atoms with Crippen LogP contribution in [0.4, 0.5) is 0 Å². The molecule has 1 aromatic rings. The summed E-state index contributed by atoms with van der Waals surface area (Å²) in [6, 6.07) is 7.33. The Morgan fingerprint density at radius 2 is 2.05 bits per heavy atom. The molecule has 122 valence electrons. The fourth-order valence-electron chi connectivity index (χ4n) is 2.18. The van der Waals surface area contributed by atoms with Crippen LogP contribution in [0.15, 0.2) is 24.3 Å². The highest BCUT2D eigenvalue weighted by molar-refractivity contribution is 6.18. The number of fused-ring (bicyclic) bond motifs is 1. The first kappa shape index (κ1) is 18.4. The molecule has 0 aromatic heterocycles. The second-order valence-electron chi connectivity index (χ2n) is 5.05. The highest BCUT2D eigenvalue weighted by atomic mass is 35.5. The highest BCUT2D eigenvalue weighted by Crippen LogP contribution is 2.23. The lowest BCUT2D eigenvalue weighted by Gasteiger charge is -2.13. The molecule has 2 rings (SSSR count). The molecule has 1 aliphatic heterocycles. The number of hydrogen-bond donors (Lipinski definition) is 4. The van der Waals surface area contributed by atoms with Gasteiger partial charge < -0.3 is 21.3 Å². The maximum Gasteiger partial charge on any atom is 0.321 e. The third-order valence-corrected chi connectivity index (χ3v) is 3.73. The van der Waals surface area contributed by atoms with Gasteiger partial charge in [0.05, 0.1) is 6.42 Å². The Morgan fingerprint density at radius 1 is 1.36 bits per heavy atom. The van der Waals surface area contributed by atoms with Gasteiger partial charge in [0.15, 0.2) is 0 Å². The Bertz CT molecular complexity index is 510. The summed E-state index contributed by atoms with van der Waals surface area (Å²) in [7, 11) is 0. The lowest BCUT2D eigenvalue weighted by molar-refractivity contribution is -0.144. The van der Waals surface area contributed by atoms with Gasteiger partial charge in [-0.25, -0.2) is 0 Å². The van der Waals surface area contributed by atoms with Crippen LogP contribution >= 0.6 is 11.6 Å². The van der Waals surface area contributed by atoms with Gasteiger partial charge in [-0.15, -0.1) is 11.6 Å². The molecular weight excluding hydrogens is 308 g/mol. The monoisotopic (exact) mass is 328 g/mol. The molecular formula is C15H21ClN2O4. The van der Waals surface area contributed by atoms with Crippen LogP contribution in [-0.4, -0.2) is 47.2 Å². The summed E-state index contributed by atoms with van der Waals surface area (Å²) in [5, 5.41) is 19.4. The zero-order valence-corrected chi connectivity index (χ0v) is 12.9. The molecule has 2 atom stereocenters. The number of carboxylic acid groups (broad SMARTS) is 2. The summed E-state index contributed by atoms with van der Waals surface area (Å²) in [6.45, 7) is 2.09. The molecule has 0 fully saturated rings. The van der Waals surface area contributed by atoms with Gasteiger partial charge in [-0.1, -0.05) is 24.3 Å². The predicted molar refractivity (Wildman–Crippen MR) is 84.3 cm³/mol. The molecule has 0 bridgehead atoms. The molecule has 0 saturated carbocycles. The summed E-state index contributed by atoms with van der Waals surface area (Å²) in [5.74, 6) is -1.30. The largest absolute Gasteiger partial charge is 0.481 e. The van der Waals surface area contributed by atoms with Crippen LogP contribution in [0.2, 0.25) is 0 Å². The van der Waals surface area contributed by atoms with Crippen molar-refractivity contribution in [2.24, 2.45) is 5.73 Å². The summed E-state index contributed by atoms with van der Waals surface area (Å²) in [6.07, 6.45) is 0.596. The second kappa shape index (κ2) is 9.40. The van der Waals surface area contributed by atoms with E-state index < -0.39 is 24.4 Å². The summed E-state index contributed by atoms with van der Waals surface area (Å²) in [4.78, 5) is 19.6. The van der Waals surface area contributed by atoms with Gasteiger partial charge in [0.1, 0.15) is 6.04 Å². The van der Waals surface area contributed by atoms with E-state index in [1.54, 1.807) is 0 Å². The predicted octanol–water partition coefficient (Wildman–Crippen LogP) is 1.03. The molecule has 0 saturated heterocycles. The Hall–Kier alpha value is -1.63. The molecule has 0 aliphatic carbocycles. The zero-order chi connectivity index (χ0) is 16.5. The summed E-state index contributed by atoms with van der Waals surface area (Å²) in [5.41, 5.74) is 7.73. The number of hydrogen-bond acceptors (Lipinski definition) is 4. The van der Waals surface area contributed by atoms with Crippen LogP contribution in [0.3, 0.4) is 0 Å². The van der Waals surface area contributed by atoms with Gasteiger partial charge in [-0.05, 0) is 24.1 Å². The Morgan fingerprint density at radius 3 is 2.59 bits per heavy atom. The Balaban J connectivity index is 0.000000239. The molecule has 7 heteroatoms. The van der Waals surface area contributed by atoms with Crippen molar-refractivity contribution in [3.8, 4) is 0 Å². The Labute approximate surface area is 134 Å². The fourth-order valence-corrected chi connectivity index (χ4v) is 2.46. The maximum absolute atomic E-state index is 9.85. The third-order valence-electron chi connectivity index (χ3n) is 3.35. The van der Waals surface area contributed by atoms with E-state index >= 15 is 0 Å². The lowest BCUT2D eigenvalue weighted by atomic mass is 9.95. The third kappa shape index (κ3) is 6.01. The van der Waals surface area contributed by atoms with Crippen molar-refractivity contribution in [2.45, 2.75) is 24.8 Å². The molecule has 0 spiro atoms. The van der Waals surface area contributed by atoms with Gasteiger partial charge in [0, 0.05) is 18.3 Å². The van der Waals surface area contributed by atoms with Crippen molar-refractivity contribution in [1.29, 1.82) is 0 Å². The molecule has 1 aliphatic rings. The number of alkyl halides is 1. The molecule has 5 N–H and O–H groups in total. The first-order chi connectivity index (χ1) is 10.5. The van der Waals surface area contributed by atoms with Crippen LogP contribution in [0.25, 0.3) is 0 Å². The van der Waals surface area contributed by atoms with Crippen LogP contribution in [0.1, 0.15) is 23.5 Å². The van der Waals surface area contributed by atoms with Crippen molar-refractivity contribution in [3.05, 3.63) is 35.4 Å². The molecule has 22 heavy (non-hydrogen) atoms. The maximum atomic E-state index is 9.85. The standard InChI is InChI=1S/C11H14ClN.C4H7NO4/c12-7-10-8-13-6-5-9-3-1-2-4-11(9)10;5-2(4(8)9)1-3(6)7/h1-4,10,13H,5-8H2;2H,1,5H2,(H,6,7)(H,8,9)/t10-;2-/m10/s1. The number of halogens is 1. The number of benzene rings is 1. The van der Waals surface area contributed by atoms with Crippen molar-refractivity contribution in [1.82, 2.24) is 5.32 Å². The van der Waals surface area contributed by atoms with Crippen LogP contribution < -0.4 is 11.1 Å². The molecule has 6 nitrogen and oxygen atoms in total. The van der Waals surface area contributed by atoms with Crippen molar-refractivity contribution >= 4 is 23.5 Å². The number of nitrogens with one attached hydrogen (secondary N) is 1. The quantitative estimate of drug-likeness (QED) is 0.614. The van der Waals surface area contributed by atoms with E-state index in [-0.39, 0.29) is 0 Å². The minimum atomic E-state index is -1.29. The number of aliphatic carboxylic acids is 2. The van der Waals surface area contributed by atoms with Crippen molar-refractivity contribution in [2.75, 3.05) is 19.0 Å². The van der Waals surface area contributed by atoms with Gasteiger partial charge in [-0.3, -0.25) is 9.59 Å². The van der Waals surface area contributed by atoms with E-state index in [2.05, 4.69) is 29.6 Å². The van der Waals surface area contributed by atoms with E-state index in [0.717, 1.165) is 19.5 Å². The molecule has 1 aromatic carbocycles. The molecule has 1 heterocycles. The van der Waals surface area contributed by atoms with E-state index in [4.69, 9.17) is 27.5 Å². The first-order valence-corrected chi connectivity index (χ1v) is 7.53. The Kier molecular flexibility index (Phi) is 7.87. The fraction of sp³-hybridized carbons (Fsp3) is 0.467. The number of carboxylic acids is 2. The molecule has 0 radical (unpaired) electrons. The van der Waals surface area contributed by atoms with Crippen LogP contribution in [0, 0.1) is 0 Å². The zero-order valence-electron chi connectivity index (χ0n) is 12.2. The molecule has 0 unspecified atom stereocenters. The average molecular weight is 329 g/mol. The normalized spacial score (nSPS) is 18.2. The summed E-state index contributed by atoms with van der Waals surface area (Å²) < 4.78 is 0. The summed E-state index contributed by atoms with van der Waals surface area (Å²) >= 11 is 5.94. The van der Waals surface area contributed by atoms with Crippen LogP contribution in [0.5, 0.6) is 0 Å². The van der Waals surface area contributed by atoms with Gasteiger partial charge in [0.2, 0.25) is 0 Å². The van der Waals surface area contributed by atoms with Gasteiger partial charge in [-0.2, -0.15) is 0 Å². The lowest BCUT2D eigenvalue weighted by Crippen LogP contribution is -2.32. The van der Waals surface area contributed by atoms with Crippen molar-refractivity contribution < 1.29 is 19.8 Å². The van der Waals surface area contributed by atoms with E-state index in [0.29, 0.717) is 11.8 Å². The average Bonchev–Trinajstić information content (AvgIpc) is 2.69. The van der Waals surface area contributed by atoms with E-state index in [1.807, 2.05) is 0 Å². The van der Waals surface area contributed by atoms with Crippen LogP contribution in [-0.2, 0) is 16.0 Å². The number of carbonyl (C=O) groups is 2. The minimum Gasteiger partial charge on any atom is -0.481 e. The molecule has 0 amide bonds. The number of rotatable bonds is 4. The van der Waals surface area contributed by atoms with Crippen molar-refractivity contribution in [3.63, 3.8) is 0 Å². The van der Waals surface area contributed by atoms with E-state index in [9.17, 15) is 9.59 Å². The van der Waals surface area contributed by atoms with Gasteiger partial charge in [0.25, 0.3) is 0 Å². The number of nitrogens with two attached hydrogens (primary N) is 1. The minimum absolute atomic E-state index is 0.486.